The van der Waals surface area contributed by atoms with E-state index in [0.717, 1.165) is 35.5 Å². The highest BCUT2D eigenvalue weighted by Gasteiger charge is 2.13. The normalized spacial score (nSPS) is 11.1. The molecule has 2 heterocycles. The summed E-state index contributed by atoms with van der Waals surface area (Å²) in [7, 11) is 1.64. The van der Waals surface area contributed by atoms with Crippen LogP contribution < -0.4 is 4.74 Å². The van der Waals surface area contributed by atoms with Crippen molar-refractivity contribution in [2.45, 2.75) is 19.5 Å². The van der Waals surface area contributed by atoms with Crippen LogP contribution in [0.2, 0.25) is 0 Å². The van der Waals surface area contributed by atoms with Gasteiger partial charge in [-0.2, -0.15) is 0 Å². The molecule has 0 saturated carbocycles. The minimum Gasteiger partial charge on any atom is -0.497 e. The molecule has 2 aromatic heterocycles. The third-order valence-corrected chi connectivity index (χ3v) is 5.02. The van der Waals surface area contributed by atoms with E-state index in [9.17, 15) is 4.39 Å². The van der Waals surface area contributed by atoms with Crippen LogP contribution in [0.4, 0.5) is 4.39 Å². The zero-order chi connectivity index (χ0) is 21.5. The van der Waals surface area contributed by atoms with E-state index in [1.165, 1.54) is 12.1 Å². The maximum Gasteiger partial charge on any atom is 0.209 e. The molecule has 0 fully saturated rings. The van der Waals surface area contributed by atoms with Crippen LogP contribution >= 0.6 is 0 Å². The lowest BCUT2D eigenvalue weighted by Crippen LogP contribution is -2.25. The van der Waals surface area contributed by atoms with Crippen LogP contribution in [-0.4, -0.2) is 28.5 Å². The van der Waals surface area contributed by atoms with Gasteiger partial charge in [0.05, 0.1) is 19.9 Å². The number of benzene rings is 2. The van der Waals surface area contributed by atoms with Gasteiger partial charge in [0.2, 0.25) is 5.89 Å². The highest BCUT2D eigenvalue weighted by atomic mass is 19.1. The first-order valence-corrected chi connectivity index (χ1v) is 10.2. The molecule has 0 saturated heterocycles. The van der Waals surface area contributed by atoms with E-state index in [4.69, 9.17) is 9.15 Å². The van der Waals surface area contributed by atoms with Crippen LogP contribution in [0.15, 0.2) is 83.5 Å². The molecular weight excluding hydrogens is 393 g/mol. The van der Waals surface area contributed by atoms with Gasteiger partial charge in [0.15, 0.2) is 5.76 Å². The van der Waals surface area contributed by atoms with E-state index in [1.807, 2.05) is 42.5 Å². The van der Waals surface area contributed by atoms with Crippen LogP contribution in [0.3, 0.4) is 0 Å². The van der Waals surface area contributed by atoms with E-state index < -0.39 is 0 Å². The highest BCUT2D eigenvalue weighted by molar-refractivity contribution is 5.57. The number of halogens is 1. The van der Waals surface area contributed by atoms with Gasteiger partial charge in [-0.05, 0) is 54.1 Å². The number of oxazole rings is 1. The molecule has 0 N–H and O–H groups in total. The zero-order valence-corrected chi connectivity index (χ0v) is 17.4. The van der Waals surface area contributed by atoms with E-state index >= 15 is 0 Å². The predicted molar refractivity (Wildman–Crippen MR) is 117 cm³/mol. The molecule has 0 bridgehead atoms. The molecule has 31 heavy (non-hydrogen) atoms. The summed E-state index contributed by atoms with van der Waals surface area (Å²) in [5.74, 6) is 1.90. The van der Waals surface area contributed by atoms with Crippen LogP contribution in [0.1, 0.15) is 17.1 Å². The average molecular weight is 417 g/mol. The smallest absolute Gasteiger partial charge is 0.209 e. The molecule has 0 unspecified atom stereocenters. The Bertz CT molecular complexity index is 1080. The molecule has 0 radical (unpaired) electrons. The van der Waals surface area contributed by atoms with Gasteiger partial charge in [-0.1, -0.05) is 18.2 Å². The van der Waals surface area contributed by atoms with E-state index in [-0.39, 0.29) is 5.82 Å². The lowest BCUT2D eigenvalue weighted by Gasteiger charge is -2.20. The van der Waals surface area contributed by atoms with Crippen molar-refractivity contribution in [3.8, 4) is 17.1 Å². The largest absolute Gasteiger partial charge is 0.497 e. The maximum atomic E-state index is 13.3. The summed E-state index contributed by atoms with van der Waals surface area (Å²) in [5.41, 5.74) is 3.00. The quantitative estimate of drug-likeness (QED) is 0.378. The van der Waals surface area contributed by atoms with E-state index in [2.05, 4.69) is 14.9 Å². The average Bonchev–Trinajstić information content (AvgIpc) is 3.28. The van der Waals surface area contributed by atoms with Crippen molar-refractivity contribution in [2.24, 2.45) is 0 Å². The van der Waals surface area contributed by atoms with Gasteiger partial charge in [0.25, 0.3) is 0 Å². The van der Waals surface area contributed by atoms with Crippen molar-refractivity contribution >= 4 is 0 Å². The Morgan fingerprint density at radius 3 is 2.45 bits per heavy atom. The van der Waals surface area contributed by atoms with Gasteiger partial charge >= 0.3 is 0 Å². The van der Waals surface area contributed by atoms with Gasteiger partial charge in [0.1, 0.15) is 11.6 Å². The number of aromatic nitrogens is 2. The Labute approximate surface area is 181 Å². The topological polar surface area (TPSA) is 51.4 Å². The summed E-state index contributed by atoms with van der Waals surface area (Å²) in [6, 6.07) is 20.2. The fourth-order valence-corrected chi connectivity index (χ4v) is 3.34. The van der Waals surface area contributed by atoms with Crippen molar-refractivity contribution in [2.75, 3.05) is 13.7 Å². The summed E-state index contributed by atoms with van der Waals surface area (Å²) in [6.07, 6.45) is 4.34. The molecule has 4 rings (SSSR count). The molecule has 2 aromatic carbocycles. The SMILES string of the molecule is COc1ccc(-c2cnc(CN(CCc3ccccn3)Cc3ccc(F)cc3)o2)cc1. The number of hydrogen-bond donors (Lipinski definition) is 0. The van der Waals surface area contributed by atoms with Gasteiger partial charge in [-0.15, -0.1) is 0 Å². The fraction of sp³-hybridized carbons (Fsp3) is 0.200. The van der Waals surface area contributed by atoms with Gasteiger partial charge in [-0.25, -0.2) is 9.37 Å². The molecule has 4 aromatic rings. The van der Waals surface area contributed by atoms with Gasteiger partial charge < -0.3 is 9.15 Å². The molecule has 0 amide bonds. The standard InChI is InChI=1S/C25H24FN3O2/c1-30-23-11-7-20(8-12-23)24-16-28-25(31-24)18-29(15-13-22-4-2-3-14-27-22)17-19-5-9-21(26)10-6-19/h2-12,14,16H,13,15,17-18H2,1H3. The fourth-order valence-electron chi connectivity index (χ4n) is 3.34. The molecule has 158 valence electrons. The Morgan fingerprint density at radius 2 is 1.74 bits per heavy atom. The second-order valence-electron chi connectivity index (χ2n) is 7.25. The molecule has 0 spiro atoms. The van der Waals surface area contributed by atoms with Crippen LogP contribution in [0.5, 0.6) is 5.75 Å². The van der Waals surface area contributed by atoms with Crippen LogP contribution in [0.25, 0.3) is 11.3 Å². The van der Waals surface area contributed by atoms with Crippen LogP contribution in [-0.2, 0) is 19.5 Å². The second-order valence-corrected chi connectivity index (χ2v) is 7.25. The Kier molecular flexibility index (Phi) is 6.69. The first-order chi connectivity index (χ1) is 15.2. The maximum absolute atomic E-state index is 13.3. The summed E-state index contributed by atoms with van der Waals surface area (Å²) < 4.78 is 24.5. The Balaban J connectivity index is 1.47. The summed E-state index contributed by atoms with van der Waals surface area (Å²) >= 11 is 0. The Morgan fingerprint density at radius 1 is 0.935 bits per heavy atom. The summed E-state index contributed by atoms with van der Waals surface area (Å²) in [6.45, 7) is 1.97. The number of hydrogen-bond acceptors (Lipinski definition) is 5. The first kappa shape index (κ1) is 20.8. The number of rotatable bonds is 9. The molecule has 0 aliphatic heterocycles. The summed E-state index contributed by atoms with van der Waals surface area (Å²) in [4.78, 5) is 11.1. The van der Waals surface area contributed by atoms with E-state index in [0.29, 0.717) is 24.7 Å². The van der Waals surface area contributed by atoms with Crippen molar-refractivity contribution in [1.82, 2.24) is 14.9 Å². The number of pyridine rings is 1. The third kappa shape index (κ3) is 5.77. The zero-order valence-electron chi connectivity index (χ0n) is 17.4. The lowest BCUT2D eigenvalue weighted by molar-refractivity contribution is 0.233. The minimum absolute atomic E-state index is 0.236. The first-order valence-electron chi connectivity index (χ1n) is 10.2. The third-order valence-electron chi connectivity index (χ3n) is 5.02. The molecule has 0 aliphatic carbocycles. The molecule has 6 heteroatoms. The number of nitrogens with zero attached hydrogens (tertiary/aromatic N) is 3. The molecule has 5 nitrogen and oxygen atoms in total. The monoisotopic (exact) mass is 417 g/mol. The predicted octanol–water partition coefficient (Wildman–Crippen LogP) is 5.13. The van der Waals surface area contributed by atoms with Gasteiger partial charge in [0, 0.05) is 37.0 Å². The second kappa shape index (κ2) is 10.00. The minimum atomic E-state index is -0.236. The molecular formula is C25H24FN3O2. The molecule has 0 aliphatic rings. The molecule has 0 atom stereocenters. The van der Waals surface area contributed by atoms with Crippen molar-refractivity contribution < 1.29 is 13.5 Å². The number of methoxy groups -OCH3 is 1. The highest BCUT2D eigenvalue weighted by Crippen LogP contribution is 2.24. The van der Waals surface area contributed by atoms with E-state index in [1.54, 1.807) is 31.6 Å². The van der Waals surface area contributed by atoms with Crippen molar-refractivity contribution in [3.63, 3.8) is 0 Å². The van der Waals surface area contributed by atoms with Crippen LogP contribution in [0, 0.1) is 5.82 Å². The van der Waals surface area contributed by atoms with Gasteiger partial charge in [-0.3, -0.25) is 9.88 Å². The number of ether oxygens (including phenoxy) is 1. The Hall–Kier alpha value is -3.51. The van der Waals surface area contributed by atoms with Crippen molar-refractivity contribution in [1.29, 1.82) is 0 Å². The summed E-state index contributed by atoms with van der Waals surface area (Å²) in [5, 5.41) is 0. The van der Waals surface area contributed by atoms with Crippen molar-refractivity contribution in [3.05, 3.63) is 102 Å². The lowest BCUT2D eigenvalue weighted by atomic mass is 10.2.